The first-order valence-corrected chi connectivity index (χ1v) is 4.12. The van der Waals surface area contributed by atoms with Crippen LogP contribution in [0.25, 0.3) is 0 Å². The fourth-order valence-corrected chi connectivity index (χ4v) is 1.48. The van der Waals surface area contributed by atoms with Gasteiger partial charge in [0.1, 0.15) is 5.76 Å². The molecular weight excluding hydrogens is 152 g/mol. The van der Waals surface area contributed by atoms with Gasteiger partial charge in [0.2, 0.25) is 0 Å². The summed E-state index contributed by atoms with van der Waals surface area (Å²) in [6.07, 6.45) is 6.04. The molecule has 0 radical (unpaired) electrons. The molecule has 1 aromatic rings. The Balaban J connectivity index is 2.15. The Morgan fingerprint density at radius 2 is 2.58 bits per heavy atom. The lowest BCUT2D eigenvalue weighted by Crippen LogP contribution is -2.27. The molecule has 64 valence electrons. The molecule has 1 aromatic heterocycles. The molecule has 1 atom stereocenters. The van der Waals surface area contributed by atoms with Gasteiger partial charge in [-0.1, -0.05) is 17.3 Å². The first-order chi connectivity index (χ1) is 5.86. The van der Waals surface area contributed by atoms with Gasteiger partial charge in [0, 0.05) is 19.2 Å². The van der Waals surface area contributed by atoms with E-state index in [-0.39, 0.29) is 0 Å². The van der Waals surface area contributed by atoms with E-state index in [9.17, 15) is 0 Å². The van der Waals surface area contributed by atoms with E-state index in [1.165, 1.54) is 0 Å². The summed E-state index contributed by atoms with van der Waals surface area (Å²) in [6, 6.07) is 1.92. The van der Waals surface area contributed by atoms with Gasteiger partial charge in [0.25, 0.3) is 0 Å². The third kappa shape index (κ3) is 1.41. The Morgan fingerprint density at radius 1 is 1.67 bits per heavy atom. The Bertz CT molecular complexity index is 266. The Kier molecular flexibility index (Phi) is 1.96. The molecule has 0 N–H and O–H groups in total. The maximum absolute atomic E-state index is 5.09. The highest BCUT2D eigenvalue weighted by atomic mass is 16.5. The molecule has 2 rings (SSSR count). The van der Waals surface area contributed by atoms with Crippen LogP contribution in [-0.4, -0.2) is 30.2 Å². The van der Waals surface area contributed by atoms with Gasteiger partial charge in [-0.25, -0.2) is 0 Å². The number of nitrogens with zero attached hydrogens (tertiary/aromatic N) is 2. The van der Waals surface area contributed by atoms with Crippen molar-refractivity contribution in [2.75, 3.05) is 20.1 Å². The summed E-state index contributed by atoms with van der Waals surface area (Å²) in [4.78, 5) is 2.26. The van der Waals surface area contributed by atoms with Crippen molar-refractivity contribution in [1.82, 2.24) is 10.1 Å². The zero-order chi connectivity index (χ0) is 8.39. The van der Waals surface area contributed by atoms with E-state index in [0.717, 1.165) is 18.8 Å². The van der Waals surface area contributed by atoms with Crippen molar-refractivity contribution >= 4 is 0 Å². The Hall–Kier alpha value is -1.09. The van der Waals surface area contributed by atoms with Gasteiger partial charge >= 0.3 is 0 Å². The van der Waals surface area contributed by atoms with E-state index in [1.54, 1.807) is 6.20 Å². The minimum Gasteiger partial charge on any atom is -0.361 e. The summed E-state index contributed by atoms with van der Waals surface area (Å²) in [7, 11) is 2.10. The van der Waals surface area contributed by atoms with Crippen LogP contribution in [-0.2, 0) is 0 Å². The van der Waals surface area contributed by atoms with Crippen LogP contribution in [0.15, 0.2) is 28.9 Å². The van der Waals surface area contributed by atoms with E-state index in [1.807, 2.05) is 6.07 Å². The highest BCUT2D eigenvalue weighted by molar-refractivity contribution is 5.14. The summed E-state index contributed by atoms with van der Waals surface area (Å²) < 4.78 is 5.09. The van der Waals surface area contributed by atoms with E-state index < -0.39 is 0 Å². The minimum absolute atomic E-state index is 0.381. The molecule has 0 aromatic carbocycles. The molecule has 0 fully saturated rings. The molecule has 1 unspecified atom stereocenters. The molecule has 0 aliphatic carbocycles. The zero-order valence-electron chi connectivity index (χ0n) is 7.10. The van der Waals surface area contributed by atoms with Gasteiger partial charge in [0.15, 0.2) is 0 Å². The Morgan fingerprint density at radius 3 is 3.25 bits per heavy atom. The minimum atomic E-state index is 0.381. The molecule has 0 saturated carbocycles. The van der Waals surface area contributed by atoms with Crippen molar-refractivity contribution in [3.8, 4) is 0 Å². The van der Waals surface area contributed by atoms with Crippen LogP contribution < -0.4 is 0 Å². The van der Waals surface area contributed by atoms with Crippen LogP contribution in [0.3, 0.4) is 0 Å². The first-order valence-electron chi connectivity index (χ1n) is 4.12. The molecule has 2 heterocycles. The van der Waals surface area contributed by atoms with Gasteiger partial charge in [-0.3, -0.25) is 0 Å². The molecule has 3 heteroatoms. The van der Waals surface area contributed by atoms with Crippen LogP contribution >= 0.6 is 0 Å². The van der Waals surface area contributed by atoms with Crippen molar-refractivity contribution in [3.63, 3.8) is 0 Å². The van der Waals surface area contributed by atoms with Crippen LogP contribution in [0.1, 0.15) is 11.7 Å². The third-order valence-electron chi connectivity index (χ3n) is 2.12. The van der Waals surface area contributed by atoms with E-state index in [0.29, 0.717) is 5.92 Å². The summed E-state index contributed by atoms with van der Waals surface area (Å²) in [5.41, 5.74) is 0. The van der Waals surface area contributed by atoms with Crippen molar-refractivity contribution < 1.29 is 4.52 Å². The van der Waals surface area contributed by atoms with E-state index in [4.69, 9.17) is 4.52 Å². The van der Waals surface area contributed by atoms with Crippen LogP contribution in [0, 0.1) is 0 Å². The molecule has 0 saturated heterocycles. The lowest BCUT2D eigenvalue weighted by molar-refractivity contribution is 0.304. The normalized spacial score (nSPS) is 24.6. The third-order valence-corrected chi connectivity index (χ3v) is 2.12. The molecule has 3 nitrogen and oxygen atoms in total. The van der Waals surface area contributed by atoms with Crippen LogP contribution in [0.5, 0.6) is 0 Å². The fourth-order valence-electron chi connectivity index (χ4n) is 1.48. The molecule has 0 amide bonds. The molecule has 0 bridgehead atoms. The maximum atomic E-state index is 5.09. The van der Waals surface area contributed by atoms with Crippen molar-refractivity contribution in [1.29, 1.82) is 0 Å². The second-order valence-corrected chi connectivity index (χ2v) is 3.17. The predicted octanol–water partition coefficient (Wildman–Crippen LogP) is 1.26. The first kappa shape index (κ1) is 7.55. The SMILES string of the molecule is CN1CC=CC(c2ccno2)C1. The number of hydrogen-bond acceptors (Lipinski definition) is 3. The monoisotopic (exact) mass is 164 g/mol. The molecule has 12 heavy (non-hydrogen) atoms. The van der Waals surface area contributed by atoms with Crippen LogP contribution in [0.2, 0.25) is 0 Å². The number of aromatic nitrogens is 1. The second-order valence-electron chi connectivity index (χ2n) is 3.17. The smallest absolute Gasteiger partial charge is 0.144 e. The highest BCUT2D eigenvalue weighted by Crippen LogP contribution is 2.20. The highest BCUT2D eigenvalue weighted by Gasteiger charge is 2.16. The lowest BCUT2D eigenvalue weighted by atomic mass is 10.0. The average molecular weight is 164 g/mol. The van der Waals surface area contributed by atoms with Gasteiger partial charge in [-0.05, 0) is 7.05 Å². The van der Waals surface area contributed by atoms with Gasteiger partial charge < -0.3 is 9.42 Å². The Labute approximate surface area is 71.7 Å². The van der Waals surface area contributed by atoms with Crippen molar-refractivity contribution in [2.45, 2.75) is 5.92 Å². The van der Waals surface area contributed by atoms with E-state index >= 15 is 0 Å². The maximum Gasteiger partial charge on any atom is 0.144 e. The number of hydrogen-bond donors (Lipinski definition) is 0. The summed E-state index contributed by atoms with van der Waals surface area (Å²) in [5, 5.41) is 3.70. The predicted molar refractivity (Wildman–Crippen MR) is 45.9 cm³/mol. The topological polar surface area (TPSA) is 29.3 Å². The standard InChI is InChI=1S/C9H12N2O/c1-11-6-2-3-8(7-11)9-4-5-10-12-9/h2-5,8H,6-7H2,1H3. The second kappa shape index (κ2) is 3.11. The molecule has 1 aliphatic rings. The van der Waals surface area contributed by atoms with Gasteiger partial charge in [-0.15, -0.1) is 0 Å². The summed E-state index contributed by atoms with van der Waals surface area (Å²) in [5.74, 6) is 1.34. The van der Waals surface area contributed by atoms with Crippen molar-refractivity contribution in [3.05, 3.63) is 30.2 Å². The van der Waals surface area contributed by atoms with E-state index in [2.05, 4.69) is 29.3 Å². The largest absolute Gasteiger partial charge is 0.361 e. The fraction of sp³-hybridized carbons (Fsp3) is 0.444. The molecular formula is C9H12N2O. The zero-order valence-corrected chi connectivity index (χ0v) is 7.10. The summed E-state index contributed by atoms with van der Waals surface area (Å²) >= 11 is 0. The van der Waals surface area contributed by atoms with Crippen LogP contribution in [0.4, 0.5) is 0 Å². The van der Waals surface area contributed by atoms with Gasteiger partial charge in [-0.2, -0.15) is 0 Å². The lowest BCUT2D eigenvalue weighted by Gasteiger charge is -2.22. The van der Waals surface area contributed by atoms with Crippen molar-refractivity contribution in [2.24, 2.45) is 0 Å². The number of likely N-dealkylation sites (N-methyl/N-ethyl adjacent to an activating group) is 1. The summed E-state index contributed by atoms with van der Waals surface area (Å²) in [6.45, 7) is 2.05. The molecule has 0 spiro atoms. The average Bonchev–Trinajstić information content (AvgIpc) is 2.56. The van der Waals surface area contributed by atoms with Gasteiger partial charge in [0.05, 0.1) is 12.1 Å². The molecule has 1 aliphatic heterocycles. The number of rotatable bonds is 1. The quantitative estimate of drug-likeness (QED) is 0.585.